The van der Waals surface area contributed by atoms with Crippen LogP contribution in [0, 0.1) is 17.5 Å². The average molecular weight is 724 g/mol. The third-order valence-corrected chi connectivity index (χ3v) is 10.1. The maximum absolute atomic E-state index is 14.7. The molecule has 3 aromatic rings. The minimum absolute atomic E-state index is 0.00177. The summed E-state index contributed by atoms with van der Waals surface area (Å²) < 4.78 is 51.4. The van der Waals surface area contributed by atoms with Crippen LogP contribution in [0.2, 0.25) is 5.02 Å². The van der Waals surface area contributed by atoms with Crippen LogP contribution in [0.4, 0.5) is 13.2 Å². The van der Waals surface area contributed by atoms with Crippen molar-refractivity contribution in [1.29, 1.82) is 0 Å². The Labute approximate surface area is 300 Å². The van der Waals surface area contributed by atoms with Crippen molar-refractivity contribution >= 4 is 35.0 Å². The van der Waals surface area contributed by atoms with Crippen LogP contribution < -0.4 is 10.1 Å². The van der Waals surface area contributed by atoms with E-state index in [-0.39, 0.29) is 49.3 Å². The Morgan fingerprint density at radius 2 is 1.69 bits per heavy atom. The number of ether oxygens (including phenoxy) is 2. The van der Waals surface area contributed by atoms with Crippen molar-refractivity contribution in [3.63, 3.8) is 0 Å². The Hall–Kier alpha value is -4.35. The third kappa shape index (κ3) is 8.76. The van der Waals surface area contributed by atoms with Gasteiger partial charge in [0.05, 0.1) is 19.8 Å². The molecule has 270 valence electrons. The third-order valence-electron chi connectivity index (χ3n) is 9.69. The summed E-state index contributed by atoms with van der Waals surface area (Å²) in [6, 6.07) is 16.6. The molecule has 51 heavy (non-hydrogen) atoms. The number of rotatable bonds is 14. The first kappa shape index (κ1) is 36.4. The topological polar surface area (TPSA) is 88.2 Å². The number of carbonyl (C=O) groups excluding carboxylic acids is 3. The standard InChI is InChI=1S/C39H41ClF3N3O5/c1-50-35(48)10-4-9-34(47)45-22-27-20-29(25-13-11-24(12-14-25)6-5-19-51-38-32(42)18-17-31(41)37(38)43)36(33(23-45)44-27)39(49)46(28-15-16-28)21-26-7-2-3-8-30(26)40/h2-3,7-8,11-14,17-18,27-28,33,44H,4-6,9-10,15-16,19-23H2,1H3. The number of carbonyl (C=O) groups is 3. The van der Waals surface area contributed by atoms with Crippen LogP contribution in [0.3, 0.4) is 0 Å². The molecule has 1 aliphatic carbocycles. The van der Waals surface area contributed by atoms with Gasteiger partial charge in [0.2, 0.25) is 11.7 Å². The van der Waals surface area contributed by atoms with Gasteiger partial charge in [-0.25, -0.2) is 8.78 Å². The van der Waals surface area contributed by atoms with Crippen LogP contribution in [-0.4, -0.2) is 72.5 Å². The molecule has 0 radical (unpaired) electrons. The Morgan fingerprint density at radius 3 is 2.41 bits per heavy atom. The van der Waals surface area contributed by atoms with Gasteiger partial charge in [-0.15, -0.1) is 0 Å². The number of hydrogen-bond donors (Lipinski definition) is 1. The molecule has 0 spiro atoms. The smallest absolute Gasteiger partial charge is 0.305 e. The zero-order chi connectivity index (χ0) is 36.1. The van der Waals surface area contributed by atoms with E-state index in [0.717, 1.165) is 47.2 Å². The number of nitrogens with one attached hydrogen (secondary N) is 1. The second kappa shape index (κ2) is 16.3. The first-order chi connectivity index (χ1) is 24.6. The lowest BCUT2D eigenvalue weighted by Crippen LogP contribution is -2.62. The molecule has 1 saturated carbocycles. The van der Waals surface area contributed by atoms with Gasteiger partial charge in [-0.2, -0.15) is 4.39 Å². The number of nitrogens with zero attached hydrogens (tertiary/aromatic N) is 2. The van der Waals surface area contributed by atoms with Crippen molar-refractivity contribution in [1.82, 2.24) is 15.1 Å². The number of methoxy groups -OCH3 is 1. The largest absolute Gasteiger partial charge is 0.488 e. The second-order valence-corrected chi connectivity index (χ2v) is 13.7. The maximum atomic E-state index is 14.7. The van der Waals surface area contributed by atoms with Crippen LogP contribution in [-0.2, 0) is 32.1 Å². The van der Waals surface area contributed by atoms with Crippen LogP contribution in [0.25, 0.3) is 5.57 Å². The number of aryl methyl sites for hydroxylation is 1. The number of esters is 1. The molecule has 3 aromatic carbocycles. The molecular weight excluding hydrogens is 683 g/mol. The molecule has 2 amide bonds. The summed E-state index contributed by atoms with van der Waals surface area (Å²) in [5.74, 6) is -4.69. The van der Waals surface area contributed by atoms with Crippen LogP contribution in [0.5, 0.6) is 5.75 Å². The Balaban J connectivity index is 1.22. The monoisotopic (exact) mass is 723 g/mol. The van der Waals surface area contributed by atoms with Crippen molar-refractivity contribution in [2.45, 2.75) is 76.0 Å². The van der Waals surface area contributed by atoms with Crippen molar-refractivity contribution < 1.29 is 37.0 Å². The summed E-state index contributed by atoms with van der Waals surface area (Å²) in [7, 11) is 1.33. The van der Waals surface area contributed by atoms with E-state index in [1.54, 1.807) is 4.90 Å². The highest BCUT2D eigenvalue weighted by atomic mass is 35.5. The molecule has 6 rings (SSSR count). The lowest BCUT2D eigenvalue weighted by Gasteiger charge is -2.45. The van der Waals surface area contributed by atoms with E-state index >= 15 is 0 Å². The van der Waals surface area contributed by atoms with E-state index in [9.17, 15) is 27.6 Å². The molecule has 8 nitrogen and oxygen atoms in total. The molecule has 1 N–H and O–H groups in total. The van der Waals surface area contributed by atoms with Gasteiger partial charge in [-0.3, -0.25) is 14.4 Å². The Kier molecular flexibility index (Phi) is 11.7. The van der Waals surface area contributed by atoms with E-state index < -0.39 is 29.2 Å². The summed E-state index contributed by atoms with van der Waals surface area (Å²) in [5, 5.41) is 4.22. The van der Waals surface area contributed by atoms with Gasteiger partial charge in [0.1, 0.15) is 0 Å². The van der Waals surface area contributed by atoms with Gasteiger partial charge in [0.25, 0.3) is 5.91 Å². The van der Waals surface area contributed by atoms with Crippen molar-refractivity contribution in [2.24, 2.45) is 0 Å². The van der Waals surface area contributed by atoms with E-state index in [1.165, 1.54) is 7.11 Å². The van der Waals surface area contributed by atoms with Gasteiger partial charge in [0, 0.05) is 55.2 Å². The highest BCUT2D eigenvalue weighted by molar-refractivity contribution is 6.31. The molecule has 2 bridgehead atoms. The number of amides is 2. The molecule has 2 aliphatic heterocycles. The van der Waals surface area contributed by atoms with Crippen molar-refractivity contribution in [3.8, 4) is 5.75 Å². The number of piperazine rings is 1. The van der Waals surface area contributed by atoms with E-state index in [4.69, 9.17) is 21.1 Å². The van der Waals surface area contributed by atoms with E-state index in [0.29, 0.717) is 55.9 Å². The first-order valence-corrected chi connectivity index (χ1v) is 17.7. The van der Waals surface area contributed by atoms with E-state index in [2.05, 4.69) is 5.32 Å². The maximum Gasteiger partial charge on any atom is 0.305 e. The lowest BCUT2D eigenvalue weighted by atomic mass is 9.82. The second-order valence-electron chi connectivity index (χ2n) is 13.3. The molecular formula is C39H41ClF3N3O5. The fraction of sp³-hybridized carbons (Fsp3) is 0.410. The number of hydrogen-bond acceptors (Lipinski definition) is 6. The highest BCUT2D eigenvalue weighted by Gasteiger charge is 2.43. The predicted molar refractivity (Wildman–Crippen MR) is 186 cm³/mol. The molecule has 12 heteroatoms. The summed E-state index contributed by atoms with van der Waals surface area (Å²) in [6.45, 7) is 1.18. The van der Waals surface area contributed by atoms with E-state index in [1.807, 2.05) is 53.4 Å². The Morgan fingerprint density at radius 1 is 0.941 bits per heavy atom. The Bertz CT molecular complexity index is 1800. The van der Waals surface area contributed by atoms with Crippen LogP contribution in [0.15, 0.2) is 66.2 Å². The zero-order valence-corrected chi connectivity index (χ0v) is 29.2. The zero-order valence-electron chi connectivity index (χ0n) is 28.4. The predicted octanol–water partition coefficient (Wildman–Crippen LogP) is 6.63. The molecule has 1 saturated heterocycles. The molecule has 0 aromatic heterocycles. The van der Waals surface area contributed by atoms with Gasteiger partial charge >= 0.3 is 5.97 Å². The van der Waals surface area contributed by atoms with Crippen LogP contribution >= 0.6 is 11.6 Å². The summed E-state index contributed by atoms with van der Waals surface area (Å²) in [6.07, 6.45) is 4.11. The molecule has 2 fully saturated rings. The first-order valence-electron chi connectivity index (χ1n) is 17.4. The summed E-state index contributed by atoms with van der Waals surface area (Å²) in [5.41, 5.74) is 4.31. The fourth-order valence-electron chi connectivity index (χ4n) is 6.90. The fourth-order valence-corrected chi connectivity index (χ4v) is 7.09. The molecule has 2 unspecified atom stereocenters. The molecule has 3 aliphatic rings. The molecule has 2 heterocycles. The summed E-state index contributed by atoms with van der Waals surface area (Å²) in [4.78, 5) is 43.3. The quantitative estimate of drug-likeness (QED) is 0.114. The average Bonchev–Trinajstić information content (AvgIpc) is 3.97. The lowest BCUT2D eigenvalue weighted by molar-refractivity contribution is -0.141. The number of halogens is 4. The van der Waals surface area contributed by atoms with Crippen molar-refractivity contribution in [2.75, 3.05) is 26.8 Å². The summed E-state index contributed by atoms with van der Waals surface area (Å²) >= 11 is 6.54. The highest BCUT2D eigenvalue weighted by Crippen LogP contribution is 2.38. The normalized spacial score (nSPS) is 18.4. The van der Waals surface area contributed by atoms with Gasteiger partial charge in [-0.1, -0.05) is 54.1 Å². The van der Waals surface area contributed by atoms with Gasteiger partial charge < -0.3 is 24.6 Å². The minimum Gasteiger partial charge on any atom is -0.488 e. The number of benzene rings is 3. The SMILES string of the molecule is COC(=O)CCCC(=O)N1CC2CC(c3ccc(CCCOc4c(F)ccc(F)c4F)cc3)=C(C(=O)N(Cc3ccccc3Cl)C3CC3)C(C1)N2. The molecule has 2 atom stereocenters. The van der Waals surface area contributed by atoms with Crippen LogP contribution in [0.1, 0.15) is 61.6 Å². The van der Waals surface area contributed by atoms with Gasteiger partial charge in [0.15, 0.2) is 17.4 Å². The van der Waals surface area contributed by atoms with Crippen molar-refractivity contribution in [3.05, 3.63) is 105 Å². The minimum atomic E-state index is -1.34. The van der Waals surface area contributed by atoms with Gasteiger partial charge in [-0.05, 0) is 79.0 Å². The number of fused-ring (bicyclic) bond motifs is 2.